The van der Waals surface area contributed by atoms with E-state index in [2.05, 4.69) is 17.6 Å². The zero-order valence-corrected chi connectivity index (χ0v) is 24.5. The van der Waals surface area contributed by atoms with Crippen molar-refractivity contribution in [1.29, 1.82) is 0 Å². The largest absolute Gasteiger partial charge is 0.444 e. The molecule has 0 aliphatic carbocycles. The Morgan fingerprint density at radius 2 is 1.64 bits per heavy atom. The Kier molecular flexibility index (Phi) is 13.4. The van der Waals surface area contributed by atoms with Crippen LogP contribution >= 0.6 is 11.8 Å². The molecule has 0 saturated carbocycles. The second-order valence-electron chi connectivity index (χ2n) is 10.5. The first-order valence-corrected chi connectivity index (χ1v) is 14.4. The number of carbonyl (C=O) groups is 3. The summed E-state index contributed by atoms with van der Waals surface area (Å²) in [6, 6.07) is 5.85. The monoisotopic (exact) mass is 521 g/mol. The van der Waals surface area contributed by atoms with Crippen molar-refractivity contribution in [3.63, 3.8) is 0 Å². The highest BCUT2D eigenvalue weighted by Gasteiger charge is 2.38. The van der Waals surface area contributed by atoms with Crippen LogP contribution in [0.25, 0.3) is 0 Å². The SMILES string of the molecule is CCCC(C)NC(=O)C(c1ccc(C)cc1)N(C(=O)C(CCSC)NC(=O)OC(C)(C)C)C(C)CC. The summed E-state index contributed by atoms with van der Waals surface area (Å²) in [5, 5.41) is 5.90. The van der Waals surface area contributed by atoms with Gasteiger partial charge >= 0.3 is 6.09 Å². The number of nitrogens with one attached hydrogen (secondary N) is 2. The molecule has 36 heavy (non-hydrogen) atoms. The van der Waals surface area contributed by atoms with Gasteiger partial charge in [0.15, 0.2) is 0 Å². The van der Waals surface area contributed by atoms with Gasteiger partial charge in [-0.15, -0.1) is 0 Å². The zero-order valence-electron chi connectivity index (χ0n) is 23.6. The molecule has 4 unspecified atom stereocenters. The third kappa shape index (κ3) is 10.4. The predicted octanol–water partition coefficient (Wildman–Crippen LogP) is 5.61. The highest BCUT2D eigenvalue weighted by molar-refractivity contribution is 7.98. The van der Waals surface area contributed by atoms with Crippen LogP contribution in [-0.2, 0) is 14.3 Å². The normalized spacial score (nSPS) is 14.8. The van der Waals surface area contributed by atoms with E-state index in [0.29, 0.717) is 18.6 Å². The number of benzene rings is 1. The lowest BCUT2D eigenvalue weighted by atomic mass is 9.98. The molecule has 0 spiro atoms. The van der Waals surface area contributed by atoms with Crippen molar-refractivity contribution < 1.29 is 19.1 Å². The molecule has 2 N–H and O–H groups in total. The molecule has 3 amide bonds. The fourth-order valence-electron chi connectivity index (χ4n) is 3.93. The minimum absolute atomic E-state index is 0.0171. The Labute approximate surface area is 222 Å². The first kappa shape index (κ1) is 31.8. The predicted molar refractivity (Wildman–Crippen MR) is 149 cm³/mol. The van der Waals surface area contributed by atoms with Gasteiger partial charge in [-0.05, 0) is 78.4 Å². The van der Waals surface area contributed by atoms with Gasteiger partial charge in [0.2, 0.25) is 11.8 Å². The average molecular weight is 522 g/mol. The third-order valence-electron chi connectivity index (χ3n) is 5.95. The molecule has 0 radical (unpaired) electrons. The number of hydrogen-bond acceptors (Lipinski definition) is 5. The lowest BCUT2D eigenvalue weighted by Crippen LogP contribution is -2.56. The molecule has 0 aromatic heterocycles. The quantitative estimate of drug-likeness (QED) is 0.352. The summed E-state index contributed by atoms with van der Waals surface area (Å²) in [6.07, 6.45) is 4.20. The molecular formula is C28H47N3O4S. The van der Waals surface area contributed by atoms with Crippen molar-refractivity contribution in [2.24, 2.45) is 0 Å². The van der Waals surface area contributed by atoms with Crippen LogP contribution in [0.5, 0.6) is 0 Å². The lowest BCUT2D eigenvalue weighted by Gasteiger charge is -2.38. The van der Waals surface area contributed by atoms with Gasteiger partial charge in [0.1, 0.15) is 17.7 Å². The fourth-order valence-corrected chi connectivity index (χ4v) is 4.40. The van der Waals surface area contributed by atoms with Gasteiger partial charge in [-0.1, -0.05) is 50.1 Å². The molecule has 1 rings (SSSR count). The Morgan fingerprint density at radius 1 is 1.03 bits per heavy atom. The molecule has 0 bridgehead atoms. The second-order valence-corrected chi connectivity index (χ2v) is 11.5. The summed E-state index contributed by atoms with van der Waals surface area (Å²) in [6.45, 7) is 15.3. The molecule has 0 aliphatic rings. The Morgan fingerprint density at radius 3 is 2.14 bits per heavy atom. The van der Waals surface area contributed by atoms with Gasteiger partial charge in [0, 0.05) is 12.1 Å². The second kappa shape index (κ2) is 15.1. The van der Waals surface area contributed by atoms with Crippen LogP contribution in [0.3, 0.4) is 0 Å². The molecule has 7 nitrogen and oxygen atoms in total. The van der Waals surface area contributed by atoms with E-state index in [9.17, 15) is 14.4 Å². The first-order chi connectivity index (χ1) is 16.8. The Balaban J connectivity index is 3.48. The highest BCUT2D eigenvalue weighted by Crippen LogP contribution is 2.27. The lowest BCUT2D eigenvalue weighted by molar-refractivity contribution is -0.145. The van der Waals surface area contributed by atoms with E-state index in [-0.39, 0.29) is 23.9 Å². The van der Waals surface area contributed by atoms with Gasteiger partial charge in [0.05, 0.1) is 0 Å². The number of aryl methyl sites for hydroxylation is 1. The maximum absolute atomic E-state index is 14.1. The van der Waals surface area contributed by atoms with E-state index in [0.717, 1.165) is 24.0 Å². The van der Waals surface area contributed by atoms with Crippen LogP contribution in [0, 0.1) is 6.92 Å². The summed E-state index contributed by atoms with van der Waals surface area (Å²) < 4.78 is 5.44. The topological polar surface area (TPSA) is 87.7 Å². The number of ether oxygens (including phenoxy) is 1. The summed E-state index contributed by atoms with van der Waals surface area (Å²) in [7, 11) is 0. The van der Waals surface area contributed by atoms with Gasteiger partial charge < -0.3 is 20.3 Å². The standard InChI is InChI=1S/C28H47N3O4S/c1-10-12-20(4)29-25(32)24(22-15-13-19(3)14-16-22)31(21(5)11-2)26(33)23(17-18-36-9)30-27(34)35-28(6,7)8/h13-16,20-21,23-24H,10-12,17-18H2,1-9H3,(H,29,32)(H,30,34). The molecule has 8 heteroatoms. The van der Waals surface area contributed by atoms with Crippen LogP contribution in [0.2, 0.25) is 0 Å². The van der Waals surface area contributed by atoms with E-state index in [1.807, 2.05) is 58.2 Å². The van der Waals surface area contributed by atoms with Gasteiger partial charge in [-0.3, -0.25) is 9.59 Å². The van der Waals surface area contributed by atoms with Gasteiger partial charge in [-0.25, -0.2) is 4.79 Å². The van der Waals surface area contributed by atoms with E-state index in [1.54, 1.807) is 37.4 Å². The Bertz CT molecular complexity index is 838. The summed E-state index contributed by atoms with van der Waals surface area (Å²) in [4.78, 5) is 42.1. The van der Waals surface area contributed by atoms with E-state index in [1.165, 1.54) is 0 Å². The minimum atomic E-state index is -0.815. The summed E-state index contributed by atoms with van der Waals surface area (Å²) in [5.74, 6) is 0.178. The van der Waals surface area contributed by atoms with Crippen LogP contribution in [-0.4, -0.2) is 58.5 Å². The maximum atomic E-state index is 14.1. The summed E-state index contributed by atoms with van der Waals surface area (Å²) in [5.41, 5.74) is 1.13. The minimum Gasteiger partial charge on any atom is -0.444 e. The molecule has 0 aliphatic heterocycles. The van der Waals surface area contributed by atoms with Crippen molar-refractivity contribution >= 4 is 29.7 Å². The Hall–Kier alpha value is -2.22. The third-order valence-corrected chi connectivity index (χ3v) is 6.59. The van der Waals surface area contributed by atoms with E-state index in [4.69, 9.17) is 4.74 Å². The van der Waals surface area contributed by atoms with Crippen molar-refractivity contribution in [3.8, 4) is 0 Å². The number of nitrogens with zero attached hydrogens (tertiary/aromatic N) is 1. The number of thioether (sulfide) groups is 1. The van der Waals surface area contributed by atoms with Crippen LogP contribution in [0.4, 0.5) is 4.79 Å². The molecule has 0 fully saturated rings. The molecule has 0 saturated heterocycles. The number of alkyl carbamates (subject to hydrolysis) is 1. The molecule has 0 heterocycles. The van der Waals surface area contributed by atoms with Crippen LogP contribution < -0.4 is 10.6 Å². The van der Waals surface area contributed by atoms with Crippen LogP contribution in [0.15, 0.2) is 24.3 Å². The molecule has 1 aromatic rings. The highest BCUT2D eigenvalue weighted by atomic mass is 32.2. The first-order valence-electron chi connectivity index (χ1n) is 13.0. The molecule has 4 atom stereocenters. The smallest absolute Gasteiger partial charge is 0.408 e. The molecule has 204 valence electrons. The van der Waals surface area contributed by atoms with E-state index < -0.39 is 23.8 Å². The van der Waals surface area contributed by atoms with Crippen molar-refractivity contribution in [1.82, 2.24) is 15.5 Å². The summed E-state index contributed by atoms with van der Waals surface area (Å²) >= 11 is 1.60. The van der Waals surface area contributed by atoms with Crippen molar-refractivity contribution in [3.05, 3.63) is 35.4 Å². The fraction of sp³-hybridized carbons (Fsp3) is 0.679. The van der Waals surface area contributed by atoms with Crippen molar-refractivity contribution in [2.75, 3.05) is 12.0 Å². The van der Waals surface area contributed by atoms with E-state index >= 15 is 0 Å². The number of amides is 3. The van der Waals surface area contributed by atoms with Crippen molar-refractivity contribution in [2.45, 2.75) is 111 Å². The number of hydrogen-bond donors (Lipinski definition) is 2. The van der Waals surface area contributed by atoms with Crippen LogP contribution in [0.1, 0.15) is 91.3 Å². The zero-order chi connectivity index (χ0) is 27.5. The maximum Gasteiger partial charge on any atom is 0.408 e. The average Bonchev–Trinajstić information content (AvgIpc) is 2.78. The number of carbonyl (C=O) groups excluding carboxylic acids is 3. The van der Waals surface area contributed by atoms with Gasteiger partial charge in [0.25, 0.3) is 0 Å². The molecule has 1 aromatic carbocycles. The van der Waals surface area contributed by atoms with Gasteiger partial charge in [-0.2, -0.15) is 11.8 Å². The molecular weight excluding hydrogens is 474 g/mol. The number of rotatable bonds is 13.